The van der Waals surface area contributed by atoms with Gasteiger partial charge in [0, 0.05) is 32.2 Å². The average molecular weight is 384 g/mol. The van der Waals surface area contributed by atoms with Crippen LogP contribution in [0.3, 0.4) is 0 Å². The molecule has 0 radical (unpaired) electrons. The van der Waals surface area contributed by atoms with Crippen LogP contribution in [0.5, 0.6) is 5.75 Å². The Bertz CT molecular complexity index is 821. The predicted molar refractivity (Wildman–Crippen MR) is 106 cm³/mol. The Hall–Kier alpha value is -2.64. The lowest BCUT2D eigenvalue weighted by Gasteiger charge is -2.37. The van der Waals surface area contributed by atoms with E-state index in [1.807, 2.05) is 40.1 Å². The number of carbonyl (C=O) groups excluding carboxylic acids is 1. The molecule has 2 aliphatic heterocycles. The van der Waals surface area contributed by atoms with Gasteiger partial charge in [-0.3, -0.25) is 4.79 Å². The first-order valence-electron chi connectivity index (χ1n) is 9.59. The molecule has 2 aliphatic rings. The van der Waals surface area contributed by atoms with E-state index in [2.05, 4.69) is 10.9 Å². The third-order valence-electron chi connectivity index (χ3n) is 5.50. The third-order valence-corrected chi connectivity index (χ3v) is 5.50. The summed E-state index contributed by atoms with van der Waals surface area (Å²) in [6.45, 7) is 2.46. The molecule has 0 aliphatic carbocycles. The molecule has 2 N–H and O–H groups in total. The first kappa shape index (κ1) is 18.7. The van der Waals surface area contributed by atoms with Gasteiger partial charge in [0.1, 0.15) is 17.6 Å². The maximum Gasteiger partial charge on any atom is 0.241 e. The highest BCUT2D eigenvalue weighted by Gasteiger charge is 2.34. The van der Waals surface area contributed by atoms with Gasteiger partial charge in [-0.15, -0.1) is 0 Å². The van der Waals surface area contributed by atoms with Crippen LogP contribution in [0, 0.1) is 5.82 Å². The zero-order chi connectivity index (χ0) is 19.5. The zero-order valence-corrected chi connectivity index (χ0v) is 15.9. The van der Waals surface area contributed by atoms with Crippen molar-refractivity contribution >= 4 is 11.6 Å². The number of hydrazine groups is 1. The number of methoxy groups -OCH3 is 1. The van der Waals surface area contributed by atoms with Gasteiger partial charge in [0.15, 0.2) is 0 Å². The van der Waals surface area contributed by atoms with E-state index >= 15 is 0 Å². The lowest BCUT2D eigenvalue weighted by molar-refractivity contribution is -0.133. The van der Waals surface area contributed by atoms with Crippen LogP contribution in [0.4, 0.5) is 10.1 Å². The molecule has 4 rings (SSSR count). The van der Waals surface area contributed by atoms with Crippen LogP contribution in [-0.4, -0.2) is 50.1 Å². The minimum absolute atomic E-state index is 0.0829. The van der Waals surface area contributed by atoms with E-state index in [0.29, 0.717) is 38.3 Å². The van der Waals surface area contributed by atoms with Crippen molar-refractivity contribution in [3.05, 3.63) is 59.9 Å². The van der Waals surface area contributed by atoms with Gasteiger partial charge in [-0.25, -0.2) is 15.2 Å². The highest BCUT2D eigenvalue weighted by Crippen LogP contribution is 2.26. The van der Waals surface area contributed by atoms with Crippen molar-refractivity contribution in [3.63, 3.8) is 0 Å². The molecule has 0 saturated carbocycles. The van der Waals surface area contributed by atoms with E-state index in [1.54, 1.807) is 19.2 Å². The van der Waals surface area contributed by atoms with E-state index in [9.17, 15) is 9.18 Å². The smallest absolute Gasteiger partial charge is 0.241 e. The van der Waals surface area contributed by atoms with Crippen LogP contribution < -0.4 is 20.5 Å². The highest BCUT2D eigenvalue weighted by molar-refractivity contribution is 5.82. The fourth-order valence-electron chi connectivity index (χ4n) is 3.87. The minimum atomic E-state index is -0.257. The number of amides is 1. The molecule has 7 heteroatoms. The van der Waals surface area contributed by atoms with Crippen molar-refractivity contribution in [1.29, 1.82) is 0 Å². The number of piperazine rings is 1. The van der Waals surface area contributed by atoms with Gasteiger partial charge in [0.25, 0.3) is 0 Å². The third kappa shape index (κ3) is 3.81. The van der Waals surface area contributed by atoms with Crippen molar-refractivity contribution in [1.82, 2.24) is 15.8 Å². The number of anilines is 1. The number of nitrogens with zero attached hydrogens (tertiary/aromatic N) is 2. The number of halogens is 1. The molecule has 6 nitrogen and oxygen atoms in total. The number of carbonyl (C=O) groups is 1. The van der Waals surface area contributed by atoms with Gasteiger partial charge in [-0.05, 0) is 36.2 Å². The molecule has 1 amide bonds. The molecule has 0 bridgehead atoms. The second-order valence-corrected chi connectivity index (χ2v) is 7.17. The molecule has 2 saturated heterocycles. The fourth-order valence-corrected chi connectivity index (χ4v) is 3.87. The molecule has 0 aromatic heterocycles. The molecular formula is C21H25FN4O2. The zero-order valence-electron chi connectivity index (χ0n) is 15.9. The molecule has 2 fully saturated rings. The van der Waals surface area contributed by atoms with Crippen LogP contribution in [0.25, 0.3) is 0 Å². The van der Waals surface area contributed by atoms with Crippen molar-refractivity contribution in [3.8, 4) is 5.75 Å². The summed E-state index contributed by atoms with van der Waals surface area (Å²) in [5.41, 5.74) is 8.09. The summed E-state index contributed by atoms with van der Waals surface area (Å²) in [4.78, 5) is 16.8. The molecule has 28 heavy (non-hydrogen) atoms. The lowest BCUT2D eigenvalue weighted by Crippen LogP contribution is -2.53. The van der Waals surface area contributed by atoms with Crippen molar-refractivity contribution in [2.45, 2.75) is 18.5 Å². The van der Waals surface area contributed by atoms with Crippen LogP contribution >= 0.6 is 0 Å². The number of hydrogen-bond acceptors (Lipinski definition) is 5. The second-order valence-electron chi connectivity index (χ2n) is 7.17. The summed E-state index contributed by atoms with van der Waals surface area (Å²) >= 11 is 0. The second kappa shape index (κ2) is 8.16. The largest absolute Gasteiger partial charge is 0.497 e. The Morgan fingerprint density at radius 2 is 1.75 bits per heavy atom. The lowest BCUT2D eigenvalue weighted by atomic mass is 10.0. The van der Waals surface area contributed by atoms with E-state index in [-0.39, 0.29) is 23.8 Å². The van der Waals surface area contributed by atoms with E-state index < -0.39 is 0 Å². The summed E-state index contributed by atoms with van der Waals surface area (Å²) in [5, 5.41) is 0. The SMILES string of the molecule is COc1ccc(C2CC(C(=O)N3CCN(c4ccccc4F)CC3)NN2)cc1. The first-order chi connectivity index (χ1) is 13.7. The minimum Gasteiger partial charge on any atom is -0.497 e. The molecule has 2 unspecified atom stereocenters. The molecule has 2 heterocycles. The maximum absolute atomic E-state index is 14.0. The van der Waals surface area contributed by atoms with Gasteiger partial charge >= 0.3 is 0 Å². The van der Waals surface area contributed by atoms with Crippen molar-refractivity contribution in [2.75, 3.05) is 38.2 Å². The van der Waals surface area contributed by atoms with Crippen molar-refractivity contribution < 1.29 is 13.9 Å². The van der Waals surface area contributed by atoms with Gasteiger partial charge in [0.05, 0.1) is 12.8 Å². The van der Waals surface area contributed by atoms with Gasteiger partial charge < -0.3 is 14.5 Å². The van der Waals surface area contributed by atoms with Crippen LogP contribution in [0.2, 0.25) is 0 Å². The van der Waals surface area contributed by atoms with Crippen molar-refractivity contribution in [2.24, 2.45) is 0 Å². The number of hydrogen-bond donors (Lipinski definition) is 2. The number of para-hydroxylation sites is 1. The predicted octanol–water partition coefficient (Wildman–Crippen LogP) is 2.09. The summed E-state index contributed by atoms with van der Waals surface area (Å²) < 4.78 is 19.2. The Balaban J connectivity index is 1.32. The summed E-state index contributed by atoms with van der Waals surface area (Å²) in [7, 11) is 1.64. The Labute approximate surface area is 164 Å². The van der Waals surface area contributed by atoms with E-state index in [4.69, 9.17) is 4.74 Å². The van der Waals surface area contributed by atoms with Gasteiger partial charge in [0.2, 0.25) is 5.91 Å². The number of ether oxygens (including phenoxy) is 1. The molecule has 2 atom stereocenters. The molecule has 0 spiro atoms. The maximum atomic E-state index is 14.0. The first-order valence-corrected chi connectivity index (χ1v) is 9.59. The molecule has 2 aromatic rings. The number of nitrogens with one attached hydrogen (secondary N) is 2. The highest BCUT2D eigenvalue weighted by atomic mass is 19.1. The van der Waals surface area contributed by atoms with E-state index in [1.165, 1.54) is 6.07 Å². The normalized spacial score (nSPS) is 22.4. The fraction of sp³-hybridized carbons (Fsp3) is 0.381. The Kier molecular flexibility index (Phi) is 5.45. The monoisotopic (exact) mass is 384 g/mol. The summed E-state index contributed by atoms with van der Waals surface area (Å²) in [6, 6.07) is 14.5. The quantitative estimate of drug-likeness (QED) is 0.846. The topological polar surface area (TPSA) is 56.8 Å². The molecular weight excluding hydrogens is 359 g/mol. The number of rotatable bonds is 4. The summed E-state index contributed by atoms with van der Waals surface area (Å²) in [6.07, 6.45) is 0.693. The van der Waals surface area contributed by atoms with Crippen LogP contribution in [0.1, 0.15) is 18.0 Å². The standard InChI is InChI=1S/C21H25FN4O2/c1-28-16-8-6-15(7-9-16)18-14-19(24-23-18)21(27)26-12-10-25(11-13-26)20-5-3-2-4-17(20)22/h2-9,18-19,23-24H,10-14H2,1H3. The van der Waals surface area contributed by atoms with Gasteiger partial charge in [-0.1, -0.05) is 24.3 Å². The van der Waals surface area contributed by atoms with E-state index in [0.717, 1.165) is 11.3 Å². The molecule has 148 valence electrons. The molecule has 2 aromatic carbocycles. The average Bonchev–Trinajstić information content (AvgIpc) is 3.24. The number of benzene rings is 2. The van der Waals surface area contributed by atoms with Crippen LogP contribution in [0.15, 0.2) is 48.5 Å². The Morgan fingerprint density at radius 1 is 1.04 bits per heavy atom. The summed E-state index contributed by atoms with van der Waals surface area (Å²) in [5.74, 6) is 0.693. The van der Waals surface area contributed by atoms with Crippen LogP contribution in [-0.2, 0) is 4.79 Å². The van der Waals surface area contributed by atoms with Gasteiger partial charge in [-0.2, -0.15) is 0 Å². The Morgan fingerprint density at radius 3 is 2.43 bits per heavy atom.